The summed E-state index contributed by atoms with van der Waals surface area (Å²) in [6.07, 6.45) is 1.88. The Bertz CT molecular complexity index is 909. The number of halogens is 2. The molecule has 0 aliphatic carbocycles. The highest BCUT2D eigenvalue weighted by Gasteiger charge is 2.24. The predicted octanol–water partition coefficient (Wildman–Crippen LogP) is 4.19. The van der Waals surface area contributed by atoms with Gasteiger partial charge in [-0.3, -0.25) is 4.98 Å². The monoisotopic (exact) mass is 371 g/mol. The van der Waals surface area contributed by atoms with Crippen molar-refractivity contribution in [2.24, 2.45) is 0 Å². The van der Waals surface area contributed by atoms with Gasteiger partial charge in [-0.1, -0.05) is 13.3 Å². The predicted molar refractivity (Wildman–Crippen MR) is 94.7 cm³/mol. The molecule has 0 N–H and O–H groups in total. The smallest absolute Gasteiger partial charge is 0.410 e. The van der Waals surface area contributed by atoms with Gasteiger partial charge in [0.15, 0.2) is 11.6 Å². The third-order valence-corrected chi connectivity index (χ3v) is 4.47. The summed E-state index contributed by atoms with van der Waals surface area (Å²) in [5, 5.41) is 9.46. The Labute approximate surface area is 156 Å². The zero-order valence-corrected chi connectivity index (χ0v) is 15.0. The molecule has 5 nitrogen and oxygen atoms in total. The van der Waals surface area contributed by atoms with Crippen molar-refractivity contribution in [3.63, 3.8) is 0 Å². The van der Waals surface area contributed by atoms with Crippen molar-refractivity contribution in [2.75, 3.05) is 13.2 Å². The van der Waals surface area contributed by atoms with Crippen LogP contribution >= 0.6 is 0 Å². The molecule has 0 saturated carbocycles. The Kier molecular flexibility index (Phi) is 5.65. The minimum atomic E-state index is -0.989. The van der Waals surface area contributed by atoms with Crippen molar-refractivity contribution in [1.82, 2.24) is 9.88 Å². The highest BCUT2D eigenvalue weighted by molar-refractivity contribution is 5.70. The van der Waals surface area contributed by atoms with Gasteiger partial charge < -0.3 is 9.64 Å². The van der Waals surface area contributed by atoms with Gasteiger partial charge in [0.05, 0.1) is 24.4 Å². The van der Waals surface area contributed by atoms with Crippen molar-refractivity contribution in [2.45, 2.75) is 32.7 Å². The minimum Gasteiger partial charge on any atom is -0.449 e. The number of nitriles is 1. The number of hydrogen-bond donors (Lipinski definition) is 0. The molecule has 1 aromatic heterocycles. The van der Waals surface area contributed by atoms with Gasteiger partial charge in [-0.05, 0) is 36.2 Å². The van der Waals surface area contributed by atoms with E-state index in [1.807, 2.05) is 6.92 Å². The van der Waals surface area contributed by atoms with E-state index < -0.39 is 11.6 Å². The zero-order valence-electron chi connectivity index (χ0n) is 15.0. The number of hydrogen-bond acceptors (Lipinski definition) is 4. The van der Waals surface area contributed by atoms with Gasteiger partial charge in [-0.2, -0.15) is 5.26 Å². The lowest BCUT2D eigenvalue weighted by molar-refractivity contribution is 0.0963. The molecule has 0 radical (unpaired) electrons. The highest BCUT2D eigenvalue weighted by Crippen LogP contribution is 2.28. The largest absolute Gasteiger partial charge is 0.449 e. The summed E-state index contributed by atoms with van der Waals surface area (Å²) >= 11 is 0. The number of ether oxygens (including phenoxy) is 1. The first-order valence-corrected chi connectivity index (χ1v) is 8.83. The first kappa shape index (κ1) is 18.8. The first-order valence-electron chi connectivity index (χ1n) is 8.83. The van der Waals surface area contributed by atoms with Crippen molar-refractivity contribution in [1.29, 1.82) is 5.26 Å². The number of benzene rings is 1. The topological polar surface area (TPSA) is 66.2 Å². The van der Waals surface area contributed by atoms with Crippen LogP contribution < -0.4 is 0 Å². The fourth-order valence-electron chi connectivity index (χ4n) is 2.97. The van der Waals surface area contributed by atoms with Gasteiger partial charge in [-0.15, -0.1) is 0 Å². The van der Waals surface area contributed by atoms with Crippen LogP contribution in [-0.2, 0) is 17.7 Å². The van der Waals surface area contributed by atoms with Crippen LogP contribution in [0.15, 0.2) is 24.3 Å². The number of unbranched alkanes of at least 4 members (excludes halogenated alkanes) is 1. The molecule has 0 saturated heterocycles. The maximum absolute atomic E-state index is 13.6. The van der Waals surface area contributed by atoms with Crippen LogP contribution in [0.1, 0.15) is 36.6 Å². The molecule has 1 aromatic carbocycles. The lowest BCUT2D eigenvalue weighted by Crippen LogP contribution is -2.37. The molecule has 0 bridgehead atoms. The standard InChI is InChI=1S/C20H19F2N3O2/c1-2-3-8-27-20(26)25-7-6-18-15(12-25)9-14(11-23)19(24-18)13-4-5-16(21)17(22)10-13/h4-5,9-10H,2-3,6-8,12H2,1H3. The number of pyridine rings is 1. The second-order valence-electron chi connectivity index (χ2n) is 6.37. The number of aromatic nitrogens is 1. The average molecular weight is 371 g/mol. The van der Waals surface area contributed by atoms with Crippen molar-refractivity contribution in [3.05, 3.63) is 52.7 Å². The van der Waals surface area contributed by atoms with E-state index in [9.17, 15) is 18.8 Å². The van der Waals surface area contributed by atoms with Crippen LogP contribution in [0.3, 0.4) is 0 Å². The molecule has 0 fully saturated rings. The Morgan fingerprint density at radius 2 is 2.15 bits per heavy atom. The van der Waals surface area contributed by atoms with Crippen LogP contribution in [0.5, 0.6) is 0 Å². The molecule has 27 heavy (non-hydrogen) atoms. The summed E-state index contributed by atoms with van der Waals surface area (Å²) in [7, 11) is 0. The molecule has 140 valence electrons. The van der Waals surface area contributed by atoms with Crippen molar-refractivity contribution in [3.8, 4) is 17.3 Å². The van der Waals surface area contributed by atoms with Crippen molar-refractivity contribution >= 4 is 6.09 Å². The third-order valence-electron chi connectivity index (χ3n) is 4.47. The van der Waals surface area contributed by atoms with E-state index in [0.29, 0.717) is 37.4 Å². The molecule has 1 aliphatic rings. The summed E-state index contributed by atoms with van der Waals surface area (Å²) in [4.78, 5) is 18.2. The van der Waals surface area contributed by atoms with Crippen LogP contribution in [0.25, 0.3) is 11.3 Å². The van der Waals surface area contributed by atoms with Gasteiger partial charge >= 0.3 is 6.09 Å². The highest BCUT2D eigenvalue weighted by atomic mass is 19.2. The molecular formula is C20H19F2N3O2. The van der Waals surface area contributed by atoms with E-state index in [0.717, 1.165) is 36.2 Å². The van der Waals surface area contributed by atoms with Gasteiger partial charge in [0.1, 0.15) is 6.07 Å². The molecule has 3 rings (SSSR count). The van der Waals surface area contributed by atoms with E-state index in [1.54, 1.807) is 11.0 Å². The SMILES string of the molecule is CCCCOC(=O)N1CCc2nc(-c3ccc(F)c(F)c3)c(C#N)cc2C1. The van der Waals surface area contributed by atoms with E-state index in [-0.39, 0.29) is 11.7 Å². The molecular weight excluding hydrogens is 352 g/mol. The molecule has 2 heterocycles. The normalized spacial score (nSPS) is 13.0. The second kappa shape index (κ2) is 8.12. The molecule has 2 aromatic rings. The number of carbonyl (C=O) groups excluding carboxylic acids is 1. The number of amides is 1. The molecule has 1 aliphatic heterocycles. The number of fused-ring (bicyclic) bond motifs is 1. The van der Waals surface area contributed by atoms with E-state index in [2.05, 4.69) is 11.1 Å². The van der Waals surface area contributed by atoms with Crippen LogP contribution in [0.2, 0.25) is 0 Å². The van der Waals surface area contributed by atoms with E-state index >= 15 is 0 Å². The maximum Gasteiger partial charge on any atom is 0.410 e. The first-order chi connectivity index (χ1) is 13.0. The fourth-order valence-corrected chi connectivity index (χ4v) is 2.97. The number of carbonyl (C=O) groups is 1. The number of nitrogens with zero attached hydrogens (tertiary/aromatic N) is 3. The Balaban J connectivity index is 1.86. The maximum atomic E-state index is 13.6. The zero-order chi connectivity index (χ0) is 19.4. The van der Waals surface area contributed by atoms with Gasteiger partial charge in [-0.25, -0.2) is 13.6 Å². The fraction of sp³-hybridized carbons (Fsp3) is 0.350. The summed E-state index contributed by atoms with van der Waals surface area (Å²) in [6, 6.07) is 7.15. The summed E-state index contributed by atoms with van der Waals surface area (Å²) in [6.45, 7) is 3.16. The van der Waals surface area contributed by atoms with Crippen molar-refractivity contribution < 1.29 is 18.3 Å². The summed E-state index contributed by atoms with van der Waals surface area (Å²) < 4.78 is 32.0. The van der Waals surface area contributed by atoms with Gasteiger partial charge in [0.25, 0.3) is 0 Å². The molecule has 7 heteroatoms. The van der Waals surface area contributed by atoms with Gasteiger partial charge in [0.2, 0.25) is 0 Å². The minimum absolute atomic E-state index is 0.251. The molecule has 0 spiro atoms. The van der Waals surface area contributed by atoms with Crippen LogP contribution in [0.4, 0.5) is 13.6 Å². The van der Waals surface area contributed by atoms with Crippen LogP contribution in [-0.4, -0.2) is 29.1 Å². The Hall–Kier alpha value is -3.01. The quantitative estimate of drug-likeness (QED) is 0.756. The third kappa shape index (κ3) is 4.05. The molecule has 1 amide bonds. The van der Waals surface area contributed by atoms with Gasteiger partial charge in [0, 0.05) is 24.2 Å². The lowest BCUT2D eigenvalue weighted by atomic mass is 9.99. The molecule has 0 atom stereocenters. The second-order valence-corrected chi connectivity index (χ2v) is 6.37. The Morgan fingerprint density at radius 3 is 2.85 bits per heavy atom. The number of rotatable bonds is 4. The summed E-state index contributed by atoms with van der Waals surface area (Å²) in [5.74, 6) is -1.94. The van der Waals surface area contributed by atoms with E-state index in [4.69, 9.17) is 4.74 Å². The summed E-state index contributed by atoms with van der Waals surface area (Å²) in [5.41, 5.74) is 2.41. The van der Waals surface area contributed by atoms with Crippen LogP contribution in [0, 0.1) is 23.0 Å². The molecule has 0 unspecified atom stereocenters. The van der Waals surface area contributed by atoms with E-state index in [1.165, 1.54) is 6.07 Å². The Morgan fingerprint density at radius 1 is 1.33 bits per heavy atom. The average Bonchev–Trinajstić information content (AvgIpc) is 2.68. The lowest BCUT2D eigenvalue weighted by Gasteiger charge is -2.28.